The maximum absolute atomic E-state index is 13.3. The molecule has 1 aliphatic rings. The van der Waals surface area contributed by atoms with Crippen molar-refractivity contribution in [3.8, 4) is 0 Å². The zero-order chi connectivity index (χ0) is 14.0. The molecule has 1 heterocycles. The standard InChI is InChI=1S/C13H16F3NO2/c1-8-7-19-4-3-17(8)13(18-2)9-5-10(14)12(16)11(15)6-9/h5-6,8,13H,3-4,7H2,1-2H3/t8-,13?/m0/s1. The van der Waals surface area contributed by atoms with E-state index in [1.54, 1.807) is 0 Å². The SMILES string of the molecule is COC(c1cc(F)c(F)c(F)c1)N1CCOC[C@@H]1C. The van der Waals surface area contributed by atoms with E-state index in [9.17, 15) is 13.2 Å². The monoisotopic (exact) mass is 275 g/mol. The molecular weight excluding hydrogens is 259 g/mol. The van der Waals surface area contributed by atoms with Gasteiger partial charge >= 0.3 is 0 Å². The Kier molecular flexibility index (Phi) is 4.44. The van der Waals surface area contributed by atoms with Gasteiger partial charge < -0.3 is 9.47 Å². The summed E-state index contributed by atoms with van der Waals surface area (Å²) in [5.41, 5.74) is 0.257. The highest BCUT2D eigenvalue weighted by Crippen LogP contribution is 2.27. The van der Waals surface area contributed by atoms with Crippen molar-refractivity contribution in [3.05, 3.63) is 35.1 Å². The zero-order valence-electron chi connectivity index (χ0n) is 10.8. The van der Waals surface area contributed by atoms with E-state index in [-0.39, 0.29) is 11.6 Å². The van der Waals surface area contributed by atoms with E-state index in [0.717, 1.165) is 12.1 Å². The summed E-state index contributed by atoms with van der Waals surface area (Å²) >= 11 is 0. The van der Waals surface area contributed by atoms with Crippen LogP contribution in [0.5, 0.6) is 0 Å². The molecule has 106 valence electrons. The highest BCUT2D eigenvalue weighted by Gasteiger charge is 2.29. The summed E-state index contributed by atoms with van der Waals surface area (Å²) < 4.78 is 50.2. The van der Waals surface area contributed by atoms with Gasteiger partial charge in [-0.25, -0.2) is 13.2 Å². The predicted molar refractivity (Wildman–Crippen MR) is 63.1 cm³/mol. The van der Waals surface area contributed by atoms with Crippen molar-refractivity contribution < 1.29 is 22.6 Å². The largest absolute Gasteiger partial charge is 0.379 e. The minimum atomic E-state index is -1.46. The minimum absolute atomic E-state index is 0.0508. The second-order valence-electron chi connectivity index (χ2n) is 4.55. The first kappa shape index (κ1) is 14.3. The van der Waals surface area contributed by atoms with Crippen LogP contribution in [0.4, 0.5) is 13.2 Å². The summed E-state index contributed by atoms with van der Waals surface area (Å²) in [6.07, 6.45) is -0.622. The summed E-state index contributed by atoms with van der Waals surface area (Å²) in [6.45, 7) is 3.56. The van der Waals surface area contributed by atoms with Gasteiger partial charge in [-0.05, 0) is 19.1 Å². The molecule has 0 aromatic heterocycles. The van der Waals surface area contributed by atoms with E-state index < -0.39 is 23.7 Å². The van der Waals surface area contributed by atoms with Crippen LogP contribution in [0.25, 0.3) is 0 Å². The Labute approximate surface area is 109 Å². The van der Waals surface area contributed by atoms with Crippen LogP contribution >= 0.6 is 0 Å². The van der Waals surface area contributed by atoms with Crippen molar-refractivity contribution in [2.75, 3.05) is 26.9 Å². The first-order valence-corrected chi connectivity index (χ1v) is 6.05. The van der Waals surface area contributed by atoms with Crippen molar-refractivity contribution in [1.82, 2.24) is 4.90 Å². The lowest BCUT2D eigenvalue weighted by molar-refractivity contribution is -0.108. The fraction of sp³-hybridized carbons (Fsp3) is 0.538. The van der Waals surface area contributed by atoms with Gasteiger partial charge in [0, 0.05) is 25.3 Å². The quantitative estimate of drug-likeness (QED) is 0.791. The van der Waals surface area contributed by atoms with Gasteiger partial charge in [0.25, 0.3) is 0 Å². The van der Waals surface area contributed by atoms with Crippen molar-refractivity contribution in [2.24, 2.45) is 0 Å². The topological polar surface area (TPSA) is 21.7 Å². The lowest BCUT2D eigenvalue weighted by Gasteiger charge is -2.38. The number of nitrogens with zero attached hydrogens (tertiary/aromatic N) is 1. The molecule has 1 aromatic rings. The third-order valence-corrected chi connectivity index (χ3v) is 3.23. The highest BCUT2D eigenvalue weighted by atomic mass is 19.2. The van der Waals surface area contributed by atoms with E-state index in [1.807, 2.05) is 11.8 Å². The number of methoxy groups -OCH3 is 1. The summed E-state index contributed by atoms with van der Waals surface area (Å²) in [5, 5.41) is 0. The van der Waals surface area contributed by atoms with Gasteiger partial charge in [-0.2, -0.15) is 0 Å². The summed E-state index contributed by atoms with van der Waals surface area (Å²) in [4.78, 5) is 1.93. The summed E-state index contributed by atoms with van der Waals surface area (Å²) in [6, 6.07) is 1.98. The smallest absolute Gasteiger partial charge is 0.194 e. The van der Waals surface area contributed by atoms with Gasteiger partial charge in [-0.15, -0.1) is 0 Å². The molecule has 1 aromatic carbocycles. The molecule has 0 bridgehead atoms. The number of hydrogen-bond donors (Lipinski definition) is 0. The Morgan fingerprint density at radius 2 is 1.95 bits per heavy atom. The van der Waals surface area contributed by atoms with E-state index in [2.05, 4.69) is 0 Å². The van der Waals surface area contributed by atoms with Gasteiger partial charge in [-0.3, -0.25) is 4.90 Å². The van der Waals surface area contributed by atoms with E-state index in [0.29, 0.717) is 19.8 Å². The molecular formula is C13H16F3NO2. The number of morpholine rings is 1. The number of rotatable bonds is 3. The maximum atomic E-state index is 13.3. The number of benzene rings is 1. The first-order valence-electron chi connectivity index (χ1n) is 6.05. The highest BCUT2D eigenvalue weighted by molar-refractivity contribution is 5.21. The van der Waals surface area contributed by atoms with E-state index in [1.165, 1.54) is 7.11 Å². The lowest BCUT2D eigenvalue weighted by Crippen LogP contribution is -2.46. The molecule has 2 atom stereocenters. The zero-order valence-corrected chi connectivity index (χ0v) is 10.8. The molecule has 0 amide bonds. The molecule has 2 rings (SSSR count). The predicted octanol–water partition coefficient (Wildman–Crippen LogP) is 2.47. The van der Waals surface area contributed by atoms with Crippen LogP contribution in [0.3, 0.4) is 0 Å². The van der Waals surface area contributed by atoms with Crippen LogP contribution in [-0.2, 0) is 9.47 Å². The minimum Gasteiger partial charge on any atom is -0.379 e. The Morgan fingerprint density at radius 1 is 1.32 bits per heavy atom. The Bertz CT molecular complexity index is 433. The van der Waals surface area contributed by atoms with Crippen LogP contribution in [-0.4, -0.2) is 37.8 Å². The third kappa shape index (κ3) is 2.91. The molecule has 0 saturated carbocycles. The molecule has 1 aliphatic heterocycles. The van der Waals surface area contributed by atoms with Crippen molar-refractivity contribution in [2.45, 2.75) is 19.2 Å². The van der Waals surface area contributed by atoms with Crippen LogP contribution < -0.4 is 0 Å². The second-order valence-corrected chi connectivity index (χ2v) is 4.55. The van der Waals surface area contributed by atoms with Gasteiger partial charge in [0.15, 0.2) is 17.5 Å². The number of ether oxygens (including phenoxy) is 2. The van der Waals surface area contributed by atoms with Gasteiger partial charge in [-0.1, -0.05) is 0 Å². The Hall–Kier alpha value is -1.11. The Balaban J connectivity index is 2.31. The average Bonchev–Trinajstić information content (AvgIpc) is 2.39. The fourth-order valence-electron chi connectivity index (χ4n) is 2.27. The van der Waals surface area contributed by atoms with Crippen LogP contribution in [0.15, 0.2) is 12.1 Å². The van der Waals surface area contributed by atoms with Gasteiger partial charge in [0.1, 0.15) is 6.23 Å². The fourth-order valence-corrected chi connectivity index (χ4v) is 2.27. The summed E-state index contributed by atoms with van der Waals surface area (Å²) in [7, 11) is 1.45. The third-order valence-electron chi connectivity index (χ3n) is 3.23. The van der Waals surface area contributed by atoms with E-state index >= 15 is 0 Å². The van der Waals surface area contributed by atoms with Crippen molar-refractivity contribution >= 4 is 0 Å². The molecule has 1 saturated heterocycles. The summed E-state index contributed by atoms with van der Waals surface area (Å²) in [5.74, 6) is -3.88. The van der Waals surface area contributed by atoms with Gasteiger partial charge in [0.2, 0.25) is 0 Å². The van der Waals surface area contributed by atoms with Crippen molar-refractivity contribution in [1.29, 1.82) is 0 Å². The molecule has 0 N–H and O–H groups in total. The van der Waals surface area contributed by atoms with Crippen LogP contribution in [0.2, 0.25) is 0 Å². The van der Waals surface area contributed by atoms with Crippen molar-refractivity contribution in [3.63, 3.8) is 0 Å². The van der Waals surface area contributed by atoms with Gasteiger partial charge in [0.05, 0.1) is 13.2 Å². The molecule has 0 aliphatic carbocycles. The average molecular weight is 275 g/mol. The Morgan fingerprint density at radius 3 is 2.47 bits per heavy atom. The number of halogens is 3. The molecule has 19 heavy (non-hydrogen) atoms. The maximum Gasteiger partial charge on any atom is 0.194 e. The molecule has 1 fully saturated rings. The number of hydrogen-bond acceptors (Lipinski definition) is 3. The van der Waals surface area contributed by atoms with Crippen LogP contribution in [0.1, 0.15) is 18.7 Å². The molecule has 0 spiro atoms. The first-order chi connectivity index (χ1) is 9.04. The molecule has 0 radical (unpaired) electrons. The molecule has 3 nitrogen and oxygen atoms in total. The van der Waals surface area contributed by atoms with Crippen LogP contribution in [0, 0.1) is 17.5 Å². The molecule has 6 heteroatoms. The lowest BCUT2D eigenvalue weighted by atomic mass is 10.1. The second kappa shape index (κ2) is 5.90. The normalized spacial score (nSPS) is 22.5. The van der Waals surface area contributed by atoms with E-state index in [4.69, 9.17) is 9.47 Å². The molecule has 1 unspecified atom stereocenters.